The van der Waals surface area contributed by atoms with Crippen LogP contribution in [0.2, 0.25) is 0 Å². The molecule has 22 heavy (non-hydrogen) atoms. The van der Waals surface area contributed by atoms with Crippen molar-refractivity contribution in [2.45, 2.75) is 12.6 Å². The molecule has 0 spiro atoms. The van der Waals surface area contributed by atoms with E-state index in [1.165, 1.54) is 12.1 Å². The van der Waals surface area contributed by atoms with Crippen LogP contribution in [0.3, 0.4) is 0 Å². The van der Waals surface area contributed by atoms with E-state index in [0.717, 1.165) is 25.1 Å². The number of rotatable bonds is 5. The summed E-state index contributed by atoms with van der Waals surface area (Å²) in [6.45, 7) is 2.10. The largest absolute Gasteiger partial charge is 0.484 e. The van der Waals surface area contributed by atoms with E-state index in [1.54, 1.807) is 4.90 Å². The van der Waals surface area contributed by atoms with Crippen LogP contribution in [-0.4, -0.2) is 44.1 Å². The molecule has 7 heteroatoms. The zero-order chi connectivity index (χ0) is 16.2. The second-order valence-corrected chi connectivity index (χ2v) is 5.36. The summed E-state index contributed by atoms with van der Waals surface area (Å²) in [6, 6.07) is 4.34. The SMILES string of the molecule is CNCC1CCN(C(=O)COc2ccc(C(F)(F)F)cc2)C1. The van der Waals surface area contributed by atoms with E-state index in [9.17, 15) is 18.0 Å². The van der Waals surface area contributed by atoms with E-state index in [0.29, 0.717) is 19.0 Å². The molecule has 0 saturated carbocycles. The van der Waals surface area contributed by atoms with Crippen LogP contribution in [0.5, 0.6) is 5.75 Å². The summed E-state index contributed by atoms with van der Waals surface area (Å²) in [5.74, 6) is 0.561. The van der Waals surface area contributed by atoms with Crippen molar-refractivity contribution < 1.29 is 22.7 Å². The summed E-state index contributed by atoms with van der Waals surface area (Å²) >= 11 is 0. The van der Waals surface area contributed by atoms with E-state index in [4.69, 9.17) is 4.74 Å². The van der Waals surface area contributed by atoms with E-state index < -0.39 is 11.7 Å². The predicted octanol–water partition coefficient (Wildman–Crippen LogP) is 2.15. The highest BCUT2D eigenvalue weighted by molar-refractivity contribution is 5.78. The second-order valence-electron chi connectivity index (χ2n) is 5.36. The number of hydrogen-bond donors (Lipinski definition) is 1. The molecule has 1 aliphatic heterocycles. The van der Waals surface area contributed by atoms with Crippen molar-refractivity contribution in [1.82, 2.24) is 10.2 Å². The fourth-order valence-corrected chi connectivity index (χ4v) is 2.49. The van der Waals surface area contributed by atoms with Crippen molar-refractivity contribution in [2.24, 2.45) is 5.92 Å². The Balaban J connectivity index is 1.82. The van der Waals surface area contributed by atoms with Crippen LogP contribution in [0.1, 0.15) is 12.0 Å². The Labute approximate surface area is 127 Å². The van der Waals surface area contributed by atoms with Gasteiger partial charge in [0.05, 0.1) is 5.56 Å². The summed E-state index contributed by atoms with van der Waals surface area (Å²) in [6.07, 6.45) is -3.42. The molecule has 0 aromatic heterocycles. The lowest BCUT2D eigenvalue weighted by molar-refractivity contribution is -0.137. The summed E-state index contributed by atoms with van der Waals surface area (Å²) in [5.41, 5.74) is -0.736. The van der Waals surface area contributed by atoms with Gasteiger partial charge in [-0.2, -0.15) is 13.2 Å². The van der Waals surface area contributed by atoms with Crippen LogP contribution in [0.25, 0.3) is 0 Å². The molecule has 0 radical (unpaired) electrons. The topological polar surface area (TPSA) is 41.6 Å². The number of likely N-dealkylation sites (tertiary alicyclic amines) is 1. The first-order valence-electron chi connectivity index (χ1n) is 7.12. The maximum Gasteiger partial charge on any atom is 0.416 e. The minimum atomic E-state index is -4.37. The van der Waals surface area contributed by atoms with E-state index in [2.05, 4.69) is 5.32 Å². The van der Waals surface area contributed by atoms with Crippen molar-refractivity contribution in [1.29, 1.82) is 0 Å². The van der Waals surface area contributed by atoms with Crippen LogP contribution in [-0.2, 0) is 11.0 Å². The zero-order valence-corrected chi connectivity index (χ0v) is 12.3. The van der Waals surface area contributed by atoms with E-state index >= 15 is 0 Å². The van der Waals surface area contributed by atoms with Crippen molar-refractivity contribution >= 4 is 5.91 Å². The molecule has 1 aromatic carbocycles. The Morgan fingerprint density at radius 2 is 2.05 bits per heavy atom. The number of carbonyl (C=O) groups is 1. The Kier molecular flexibility index (Phi) is 5.28. The first-order chi connectivity index (χ1) is 10.4. The van der Waals surface area contributed by atoms with Gasteiger partial charge in [0.2, 0.25) is 0 Å². The van der Waals surface area contributed by atoms with E-state index in [1.807, 2.05) is 7.05 Å². The fraction of sp³-hybridized carbons (Fsp3) is 0.533. The molecule has 1 atom stereocenters. The lowest BCUT2D eigenvalue weighted by Crippen LogP contribution is -2.34. The van der Waals surface area contributed by atoms with Gasteiger partial charge in [-0.1, -0.05) is 0 Å². The molecule has 1 unspecified atom stereocenters. The van der Waals surface area contributed by atoms with Gasteiger partial charge in [-0.15, -0.1) is 0 Å². The third-order valence-corrected chi connectivity index (χ3v) is 3.68. The molecule has 0 bridgehead atoms. The van der Waals surface area contributed by atoms with Gasteiger partial charge in [0.15, 0.2) is 6.61 Å². The van der Waals surface area contributed by atoms with Crippen LogP contribution in [0.15, 0.2) is 24.3 Å². The molecular weight excluding hydrogens is 297 g/mol. The van der Waals surface area contributed by atoms with Crippen molar-refractivity contribution in [3.05, 3.63) is 29.8 Å². The number of nitrogens with zero attached hydrogens (tertiary/aromatic N) is 1. The average molecular weight is 316 g/mol. The smallest absolute Gasteiger partial charge is 0.416 e. The average Bonchev–Trinajstić information content (AvgIpc) is 2.93. The summed E-state index contributed by atoms with van der Waals surface area (Å²) in [5, 5.41) is 3.08. The van der Waals surface area contributed by atoms with Crippen molar-refractivity contribution in [3.63, 3.8) is 0 Å². The molecule has 1 heterocycles. The molecule has 122 valence electrons. The molecule has 1 fully saturated rings. The number of carbonyl (C=O) groups excluding carboxylic acids is 1. The molecule has 4 nitrogen and oxygen atoms in total. The number of amides is 1. The molecule has 1 aliphatic rings. The molecule has 1 amide bonds. The van der Waals surface area contributed by atoms with Crippen LogP contribution >= 0.6 is 0 Å². The highest BCUT2D eigenvalue weighted by Crippen LogP contribution is 2.30. The quantitative estimate of drug-likeness (QED) is 0.905. The molecular formula is C15H19F3N2O2. The lowest BCUT2D eigenvalue weighted by Gasteiger charge is -2.17. The van der Waals surface area contributed by atoms with Crippen molar-refractivity contribution in [2.75, 3.05) is 33.3 Å². The van der Waals surface area contributed by atoms with Gasteiger partial charge in [0.25, 0.3) is 5.91 Å². The molecule has 1 N–H and O–H groups in total. The number of ether oxygens (including phenoxy) is 1. The third-order valence-electron chi connectivity index (χ3n) is 3.68. The fourth-order valence-electron chi connectivity index (χ4n) is 2.49. The Bertz CT molecular complexity index is 503. The maximum absolute atomic E-state index is 12.4. The second kappa shape index (κ2) is 7.00. The van der Waals surface area contributed by atoms with E-state index in [-0.39, 0.29) is 18.3 Å². The number of nitrogens with one attached hydrogen (secondary N) is 1. The number of hydrogen-bond acceptors (Lipinski definition) is 3. The number of halogens is 3. The Morgan fingerprint density at radius 3 is 2.64 bits per heavy atom. The van der Waals surface area contributed by atoms with Gasteiger partial charge in [0, 0.05) is 13.1 Å². The van der Waals surface area contributed by atoms with Crippen molar-refractivity contribution in [3.8, 4) is 5.75 Å². The number of benzene rings is 1. The highest BCUT2D eigenvalue weighted by Gasteiger charge is 2.30. The van der Waals surface area contributed by atoms with Gasteiger partial charge in [0.1, 0.15) is 5.75 Å². The molecule has 2 rings (SSSR count). The summed E-state index contributed by atoms with van der Waals surface area (Å²) < 4.78 is 42.6. The minimum Gasteiger partial charge on any atom is -0.484 e. The third kappa shape index (κ3) is 4.37. The maximum atomic E-state index is 12.4. The van der Waals surface area contributed by atoms with Gasteiger partial charge < -0.3 is 15.0 Å². The summed E-state index contributed by atoms with van der Waals surface area (Å²) in [7, 11) is 1.87. The minimum absolute atomic E-state index is 0.140. The highest BCUT2D eigenvalue weighted by atomic mass is 19.4. The zero-order valence-electron chi connectivity index (χ0n) is 12.3. The number of alkyl halides is 3. The van der Waals surface area contributed by atoms with Crippen LogP contribution in [0.4, 0.5) is 13.2 Å². The monoisotopic (exact) mass is 316 g/mol. The molecule has 1 saturated heterocycles. The standard InChI is InChI=1S/C15H19F3N2O2/c1-19-8-11-6-7-20(9-11)14(21)10-22-13-4-2-12(3-5-13)15(16,17)18/h2-5,11,19H,6-10H2,1H3. The van der Waals surface area contributed by atoms with Gasteiger partial charge in [-0.25, -0.2) is 0 Å². The van der Waals surface area contributed by atoms with Crippen LogP contribution in [0, 0.1) is 5.92 Å². The van der Waals surface area contributed by atoms with Gasteiger partial charge in [-0.3, -0.25) is 4.79 Å². The molecule has 0 aliphatic carbocycles. The first-order valence-corrected chi connectivity index (χ1v) is 7.12. The van der Waals surface area contributed by atoms with Crippen LogP contribution < -0.4 is 10.1 Å². The normalized spacial score (nSPS) is 18.5. The first kappa shape index (κ1) is 16.6. The van der Waals surface area contributed by atoms with Gasteiger partial charge >= 0.3 is 6.18 Å². The predicted molar refractivity (Wildman–Crippen MR) is 75.6 cm³/mol. The molecule has 1 aromatic rings. The summed E-state index contributed by atoms with van der Waals surface area (Å²) in [4.78, 5) is 13.7. The lowest BCUT2D eigenvalue weighted by atomic mass is 10.1. The van der Waals surface area contributed by atoms with Gasteiger partial charge in [-0.05, 0) is 50.2 Å². The Hall–Kier alpha value is -1.76. The Morgan fingerprint density at radius 1 is 1.36 bits per heavy atom.